The molecule has 25 heavy (non-hydrogen) atoms. The number of aromatic nitrogens is 3. The summed E-state index contributed by atoms with van der Waals surface area (Å²) < 4.78 is 0. The molecule has 0 spiro atoms. The largest absolute Gasteiger partial charge is 0.301 e. The third-order valence-electron chi connectivity index (χ3n) is 3.02. The standard InChI is InChI=1S/C15H11N5O3S2/c21-13(17-15-16-6-7-24-15)9-25-14-5-4-12(18-19-14)10-2-1-3-11(8-10)20(22)23/h1-8H,9H2,(H,16,17,21). The van der Waals surface area contributed by atoms with Crippen LogP contribution in [-0.2, 0) is 4.79 Å². The van der Waals surface area contributed by atoms with Crippen molar-refractivity contribution in [3.63, 3.8) is 0 Å². The van der Waals surface area contributed by atoms with E-state index < -0.39 is 4.92 Å². The zero-order valence-electron chi connectivity index (χ0n) is 12.7. The van der Waals surface area contributed by atoms with E-state index in [0.717, 1.165) is 0 Å². The minimum atomic E-state index is -0.456. The van der Waals surface area contributed by atoms with Crippen molar-refractivity contribution in [2.45, 2.75) is 5.03 Å². The second kappa shape index (κ2) is 7.81. The second-order valence-electron chi connectivity index (χ2n) is 4.74. The van der Waals surface area contributed by atoms with Gasteiger partial charge in [-0.1, -0.05) is 23.9 Å². The molecule has 0 aliphatic heterocycles. The average Bonchev–Trinajstić information content (AvgIpc) is 3.13. The number of carbonyl (C=O) groups is 1. The van der Waals surface area contributed by atoms with Gasteiger partial charge in [-0.3, -0.25) is 14.9 Å². The summed E-state index contributed by atoms with van der Waals surface area (Å²) in [6.45, 7) is 0. The van der Waals surface area contributed by atoms with Gasteiger partial charge in [0.25, 0.3) is 5.69 Å². The normalized spacial score (nSPS) is 10.4. The van der Waals surface area contributed by atoms with E-state index in [9.17, 15) is 14.9 Å². The molecule has 0 fully saturated rings. The van der Waals surface area contributed by atoms with Crippen LogP contribution in [0.2, 0.25) is 0 Å². The van der Waals surface area contributed by atoms with Crippen molar-refractivity contribution in [2.24, 2.45) is 0 Å². The van der Waals surface area contributed by atoms with E-state index in [1.165, 1.54) is 35.2 Å². The van der Waals surface area contributed by atoms with Gasteiger partial charge in [0.2, 0.25) is 5.91 Å². The number of non-ortho nitro benzene ring substituents is 1. The average molecular weight is 373 g/mol. The molecule has 0 aliphatic carbocycles. The maximum Gasteiger partial charge on any atom is 0.270 e. The monoisotopic (exact) mass is 373 g/mol. The van der Waals surface area contributed by atoms with Crippen molar-refractivity contribution in [3.8, 4) is 11.3 Å². The lowest BCUT2D eigenvalue weighted by Gasteiger charge is -2.03. The Morgan fingerprint density at radius 1 is 1.28 bits per heavy atom. The highest BCUT2D eigenvalue weighted by molar-refractivity contribution is 7.99. The number of thioether (sulfide) groups is 1. The predicted molar refractivity (Wildman–Crippen MR) is 95.6 cm³/mol. The van der Waals surface area contributed by atoms with E-state index in [4.69, 9.17) is 0 Å². The van der Waals surface area contributed by atoms with E-state index in [1.54, 1.807) is 35.8 Å². The number of nitrogens with zero attached hydrogens (tertiary/aromatic N) is 4. The fraction of sp³-hybridized carbons (Fsp3) is 0.0667. The van der Waals surface area contributed by atoms with E-state index in [1.807, 2.05) is 0 Å². The molecule has 0 saturated carbocycles. The molecule has 0 radical (unpaired) electrons. The van der Waals surface area contributed by atoms with Gasteiger partial charge in [0.05, 0.1) is 16.4 Å². The molecule has 0 bridgehead atoms. The zero-order chi connectivity index (χ0) is 17.6. The second-order valence-corrected chi connectivity index (χ2v) is 6.63. The van der Waals surface area contributed by atoms with Crippen LogP contribution in [0.25, 0.3) is 11.3 Å². The summed E-state index contributed by atoms with van der Waals surface area (Å²) in [5.74, 6) is 0.00856. The van der Waals surface area contributed by atoms with Gasteiger partial charge in [0, 0.05) is 29.3 Å². The number of amides is 1. The SMILES string of the molecule is O=C(CSc1ccc(-c2cccc([N+](=O)[O-])c2)nn1)Nc1nccs1. The first kappa shape index (κ1) is 17.0. The van der Waals surface area contributed by atoms with Crippen LogP contribution in [-0.4, -0.2) is 31.8 Å². The fourth-order valence-electron chi connectivity index (χ4n) is 1.91. The molecule has 0 aliphatic rings. The lowest BCUT2D eigenvalue weighted by Crippen LogP contribution is -2.13. The van der Waals surface area contributed by atoms with Gasteiger partial charge in [-0.25, -0.2) is 4.98 Å². The molecule has 2 aromatic heterocycles. The summed E-state index contributed by atoms with van der Waals surface area (Å²) in [4.78, 5) is 26.1. The van der Waals surface area contributed by atoms with Crippen molar-refractivity contribution in [1.82, 2.24) is 15.2 Å². The van der Waals surface area contributed by atoms with E-state index in [0.29, 0.717) is 21.4 Å². The number of hydrogen-bond acceptors (Lipinski definition) is 8. The highest BCUT2D eigenvalue weighted by atomic mass is 32.2. The molecule has 0 atom stereocenters. The Morgan fingerprint density at radius 2 is 2.16 bits per heavy atom. The van der Waals surface area contributed by atoms with Gasteiger partial charge in [-0.2, -0.15) is 0 Å². The van der Waals surface area contributed by atoms with Crippen LogP contribution in [0.1, 0.15) is 0 Å². The molecule has 10 heteroatoms. The van der Waals surface area contributed by atoms with Gasteiger partial charge in [-0.15, -0.1) is 21.5 Å². The van der Waals surface area contributed by atoms with Crippen LogP contribution in [0.5, 0.6) is 0 Å². The topological polar surface area (TPSA) is 111 Å². The smallest absolute Gasteiger partial charge is 0.270 e. The molecule has 1 aromatic carbocycles. The number of nitrogens with one attached hydrogen (secondary N) is 1. The molecular weight excluding hydrogens is 362 g/mol. The van der Waals surface area contributed by atoms with Crippen LogP contribution in [0, 0.1) is 10.1 Å². The number of anilines is 1. The van der Waals surface area contributed by atoms with Crippen molar-refractivity contribution in [2.75, 3.05) is 11.1 Å². The molecule has 1 amide bonds. The van der Waals surface area contributed by atoms with Crippen molar-refractivity contribution in [3.05, 3.63) is 58.1 Å². The van der Waals surface area contributed by atoms with Crippen LogP contribution < -0.4 is 5.32 Å². The van der Waals surface area contributed by atoms with Gasteiger partial charge in [-0.05, 0) is 12.1 Å². The highest BCUT2D eigenvalue weighted by Crippen LogP contribution is 2.23. The Morgan fingerprint density at radius 3 is 2.84 bits per heavy atom. The molecule has 8 nitrogen and oxygen atoms in total. The Balaban J connectivity index is 1.61. The molecule has 2 heterocycles. The summed E-state index contributed by atoms with van der Waals surface area (Å²) >= 11 is 2.59. The number of nitro benzene ring substituents is 1. The number of hydrogen-bond donors (Lipinski definition) is 1. The van der Waals surface area contributed by atoms with Crippen LogP contribution >= 0.6 is 23.1 Å². The number of carbonyl (C=O) groups excluding carboxylic acids is 1. The zero-order valence-corrected chi connectivity index (χ0v) is 14.3. The Labute approximate surface area is 150 Å². The van der Waals surface area contributed by atoms with Crippen LogP contribution in [0.15, 0.2) is 53.0 Å². The molecule has 3 aromatic rings. The minimum Gasteiger partial charge on any atom is -0.301 e. The van der Waals surface area contributed by atoms with Crippen molar-refractivity contribution >= 4 is 39.8 Å². The number of rotatable bonds is 6. The molecule has 126 valence electrons. The first-order chi connectivity index (χ1) is 12.1. The molecule has 0 unspecified atom stereocenters. The number of nitro groups is 1. The third kappa shape index (κ3) is 4.58. The highest BCUT2D eigenvalue weighted by Gasteiger charge is 2.10. The van der Waals surface area contributed by atoms with Crippen molar-refractivity contribution in [1.29, 1.82) is 0 Å². The van der Waals surface area contributed by atoms with E-state index in [2.05, 4.69) is 20.5 Å². The maximum atomic E-state index is 11.8. The molecule has 1 N–H and O–H groups in total. The first-order valence-electron chi connectivity index (χ1n) is 7.02. The van der Waals surface area contributed by atoms with Gasteiger partial charge in [0.15, 0.2) is 5.13 Å². The van der Waals surface area contributed by atoms with Crippen molar-refractivity contribution < 1.29 is 9.72 Å². The number of thiazole rings is 1. The predicted octanol–water partition coefficient (Wildman–Crippen LogP) is 3.24. The quantitative estimate of drug-likeness (QED) is 0.401. The van der Waals surface area contributed by atoms with Gasteiger partial charge in [0.1, 0.15) is 5.03 Å². The fourth-order valence-corrected chi connectivity index (χ4v) is 3.07. The number of benzene rings is 1. The molecule has 0 saturated heterocycles. The summed E-state index contributed by atoms with van der Waals surface area (Å²) in [6, 6.07) is 9.63. The maximum absolute atomic E-state index is 11.8. The van der Waals surface area contributed by atoms with Gasteiger partial charge < -0.3 is 5.32 Å². The van der Waals surface area contributed by atoms with Crippen LogP contribution in [0.3, 0.4) is 0 Å². The Kier molecular flexibility index (Phi) is 5.31. The Bertz CT molecular complexity index is 884. The Hall–Kier alpha value is -2.85. The first-order valence-corrected chi connectivity index (χ1v) is 8.89. The molecular formula is C15H11N5O3S2. The van der Waals surface area contributed by atoms with Crippen LogP contribution in [0.4, 0.5) is 10.8 Å². The summed E-state index contributed by atoms with van der Waals surface area (Å²) in [7, 11) is 0. The summed E-state index contributed by atoms with van der Waals surface area (Å²) in [5, 5.41) is 24.5. The molecule has 3 rings (SSSR count). The van der Waals surface area contributed by atoms with E-state index in [-0.39, 0.29) is 17.3 Å². The third-order valence-corrected chi connectivity index (χ3v) is 4.63. The lowest BCUT2D eigenvalue weighted by molar-refractivity contribution is -0.384. The van der Waals surface area contributed by atoms with Gasteiger partial charge >= 0.3 is 0 Å². The summed E-state index contributed by atoms with van der Waals surface area (Å²) in [5.41, 5.74) is 1.14. The summed E-state index contributed by atoms with van der Waals surface area (Å²) in [6.07, 6.45) is 1.62. The lowest BCUT2D eigenvalue weighted by atomic mass is 10.1. The van der Waals surface area contributed by atoms with E-state index >= 15 is 0 Å². The minimum absolute atomic E-state index is 0.00314.